The second-order valence-electron chi connectivity index (χ2n) is 5.86. The lowest BCUT2D eigenvalue weighted by Crippen LogP contribution is -2.43. The quantitative estimate of drug-likeness (QED) is 0.883. The standard InChI is InChI=1S/C17H22N4O3/c1-5-21(10-14(22)18-11(2)3)17(24)15-12-8-6-7-9-13(12)16(23)20(4)19-15/h6-9,11H,5,10H2,1-4H3,(H,18,22). The average molecular weight is 330 g/mol. The van der Waals surface area contributed by atoms with E-state index in [4.69, 9.17) is 0 Å². The Morgan fingerprint density at radius 1 is 1.25 bits per heavy atom. The highest BCUT2D eigenvalue weighted by Gasteiger charge is 2.22. The Morgan fingerprint density at radius 2 is 1.88 bits per heavy atom. The molecule has 2 aromatic rings. The highest BCUT2D eigenvalue weighted by atomic mass is 16.2. The Kier molecular flexibility index (Phi) is 5.33. The third-order valence-electron chi connectivity index (χ3n) is 3.61. The van der Waals surface area contributed by atoms with Gasteiger partial charge in [-0.15, -0.1) is 0 Å². The molecule has 0 aliphatic rings. The molecule has 2 rings (SSSR count). The fraction of sp³-hybridized carbons (Fsp3) is 0.412. The molecule has 0 aliphatic heterocycles. The van der Waals surface area contributed by atoms with E-state index in [0.717, 1.165) is 4.68 Å². The molecular weight excluding hydrogens is 308 g/mol. The lowest BCUT2D eigenvalue weighted by molar-refractivity contribution is -0.122. The number of carbonyl (C=O) groups excluding carboxylic acids is 2. The van der Waals surface area contributed by atoms with Crippen LogP contribution in [0.4, 0.5) is 0 Å². The minimum atomic E-state index is -0.372. The fourth-order valence-corrected chi connectivity index (χ4v) is 2.48. The van der Waals surface area contributed by atoms with Crippen LogP contribution in [0.3, 0.4) is 0 Å². The number of hydrogen-bond donors (Lipinski definition) is 1. The van der Waals surface area contributed by atoms with Gasteiger partial charge in [0.1, 0.15) is 0 Å². The summed E-state index contributed by atoms with van der Waals surface area (Å²) in [6.45, 7) is 5.83. The molecule has 0 aliphatic carbocycles. The number of likely N-dealkylation sites (N-methyl/N-ethyl adjacent to an activating group) is 1. The minimum absolute atomic E-state index is 0.00260. The van der Waals surface area contributed by atoms with Crippen molar-refractivity contribution < 1.29 is 9.59 Å². The molecule has 0 bridgehead atoms. The first-order chi connectivity index (χ1) is 11.3. The lowest BCUT2D eigenvalue weighted by Gasteiger charge is -2.21. The summed E-state index contributed by atoms with van der Waals surface area (Å²) in [6.07, 6.45) is 0. The summed E-state index contributed by atoms with van der Waals surface area (Å²) in [5.74, 6) is -0.600. The number of amides is 2. The van der Waals surface area contributed by atoms with Gasteiger partial charge in [0.2, 0.25) is 5.91 Å². The normalized spacial score (nSPS) is 10.9. The second kappa shape index (κ2) is 7.25. The molecule has 0 unspecified atom stereocenters. The van der Waals surface area contributed by atoms with E-state index in [2.05, 4.69) is 10.4 Å². The van der Waals surface area contributed by atoms with Crippen molar-refractivity contribution in [3.8, 4) is 0 Å². The smallest absolute Gasteiger partial charge is 0.275 e. The zero-order valence-corrected chi connectivity index (χ0v) is 14.4. The van der Waals surface area contributed by atoms with Crippen molar-refractivity contribution in [2.24, 2.45) is 7.05 Å². The summed E-state index contributed by atoms with van der Waals surface area (Å²) in [6, 6.07) is 6.85. The van der Waals surface area contributed by atoms with E-state index in [9.17, 15) is 14.4 Å². The highest BCUT2D eigenvalue weighted by molar-refractivity contribution is 6.05. The van der Waals surface area contributed by atoms with Crippen LogP contribution in [0.5, 0.6) is 0 Å². The van der Waals surface area contributed by atoms with Crippen molar-refractivity contribution in [3.05, 3.63) is 40.3 Å². The van der Waals surface area contributed by atoms with Crippen LogP contribution < -0.4 is 10.9 Å². The Morgan fingerprint density at radius 3 is 2.46 bits per heavy atom. The van der Waals surface area contributed by atoms with Gasteiger partial charge >= 0.3 is 0 Å². The van der Waals surface area contributed by atoms with E-state index in [1.54, 1.807) is 31.2 Å². The second-order valence-corrected chi connectivity index (χ2v) is 5.86. The van der Waals surface area contributed by atoms with Gasteiger partial charge in [-0.05, 0) is 26.8 Å². The van der Waals surface area contributed by atoms with Crippen molar-refractivity contribution in [1.82, 2.24) is 20.0 Å². The molecule has 0 spiro atoms. The van der Waals surface area contributed by atoms with E-state index in [-0.39, 0.29) is 35.7 Å². The predicted octanol–water partition coefficient (Wildman–Crippen LogP) is 0.920. The maximum absolute atomic E-state index is 12.8. The predicted molar refractivity (Wildman–Crippen MR) is 91.8 cm³/mol. The van der Waals surface area contributed by atoms with E-state index in [1.165, 1.54) is 11.9 Å². The molecule has 0 fully saturated rings. The monoisotopic (exact) mass is 330 g/mol. The topological polar surface area (TPSA) is 84.3 Å². The van der Waals surface area contributed by atoms with Gasteiger partial charge in [0.15, 0.2) is 5.69 Å². The van der Waals surface area contributed by atoms with Crippen LogP contribution in [0.1, 0.15) is 31.3 Å². The molecule has 7 nitrogen and oxygen atoms in total. The summed E-state index contributed by atoms with van der Waals surface area (Å²) in [5.41, 5.74) is -0.0883. The maximum atomic E-state index is 12.8. The number of aromatic nitrogens is 2. The largest absolute Gasteiger partial charge is 0.352 e. The summed E-state index contributed by atoms with van der Waals surface area (Å²) in [7, 11) is 1.51. The van der Waals surface area contributed by atoms with E-state index >= 15 is 0 Å². The maximum Gasteiger partial charge on any atom is 0.275 e. The van der Waals surface area contributed by atoms with E-state index in [1.807, 2.05) is 13.8 Å². The Hall–Kier alpha value is -2.70. The Labute approximate surface area is 140 Å². The first kappa shape index (κ1) is 17.7. The van der Waals surface area contributed by atoms with E-state index in [0.29, 0.717) is 17.3 Å². The summed E-state index contributed by atoms with van der Waals surface area (Å²) in [4.78, 5) is 38.4. The molecule has 1 N–H and O–H groups in total. The SMILES string of the molecule is CCN(CC(=O)NC(C)C)C(=O)c1nn(C)c(=O)c2ccccc12. The van der Waals surface area contributed by atoms with Crippen LogP contribution in [0, 0.1) is 0 Å². The van der Waals surface area contributed by atoms with Gasteiger partial charge in [-0.25, -0.2) is 4.68 Å². The minimum Gasteiger partial charge on any atom is -0.352 e. The molecule has 0 radical (unpaired) electrons. The van der Waals surface area contributed by atoms with Gasteiger partial charge < -0.3 is 10.2 Å². The van der Waals surface area contributed by atoms with Crippen LogP contribution >= 0.6 is 0 Å². The third-order valence-corrected chi connectivity index (χ3v) is 3.61. The molecule has 24 heavy (non-hydrogen) atoms. The van der Waals surface area contributed by atoms with Gasteiger partial charge in [0.25, 0.3) is 11.5 Å². The van der Waals surface area contributed by atoms with Crippen molar-refractivity contribution in [2.45, 2.75) is 26.8 Å². The molecule has 2 amide bonds. The van der Waals surface area contributed by atoms with Crippen molar-refractivity contribution in [1.29, 1.82) is 0 Å². The molecule has 128 valence electrons. The average Bonchev–Trinajstić information content (AvgIpc) is 2.54. The molecule has 1 aromatic carbocycles. The molecule has 1 aromatic heterocycles. The van der Waals surface area contributed by atoms with Crippen molar-refractivity contribution >= 4 is 22.6 Å². The highest BCUT2D eigenvalue weighted by Crippen LogP contribution is 2.15. The van der Waals surface area contributed by atoms with E-state index < -0.39 is 0 Å². The summed E-state index contributed by atoms with van der Waals surface area (Å²) < 4.78 is 1.15. The first-order valence-electron chi connectivity index (χ1n) is 7.89. The lowest BCUT2D eigenvalue weighted by atomic mass is 10.1. The molecule has 0 saturated heterocycles. The van der Waals surface area contributed by atoms with Gasteiger partial charge in [0.05, 0.1) is 11.9 Å². The molecule has 0 atom stereocenters. The van der Waals surface area contributed by atoms with Crippen LogP contribution in [0.2, 0.25) is 0 Å². The summed E-state index contributed by atoms with van der Waals surface area (Å²) in [5, 5.41) is 7.81. The number of nitrogens with zero attached hydrogens (tertiary/aromatic N) is 3. The number of fused-ring (bicyclic) bond motifs is 1. The van der Waals surface area contributed by atoms with Crippen LogP contribution in [0.25, 0.3) is 10.8 Å². The van der Waals surface area contributed by atoms with Gasteiger partial charge in [-0.1, -0.05) is 18.2 Å². The molecule has 1 heterocycles. The number of carbonyl (C=O) groups is 2. The number of benzene rings is 1. The third kappa shape index (κ3) is 3.61. The number of nitrogens with one attached hydrogen (secondary N) is 1. The van der Waals surface area contributed by atoms with Crippen LogP contribution in [0.15, 0.2) is 29.1 Å². The Bertz CT molecular complexity index is 826. The molecular formula is C17H22N4O3. The van der Waals surface area contributed by atoms with Gasteiger partial charge in [-0.3, -0.25) is 14.4 Å². The zero-order chi connectivity index (χ0) is 17.9. The number of rotatable bonds is 5. The van der Waals surface area contributed by atoms with Crippen molar-refractivity contribution in [3.63, 3.8) is 0 Å². The van der Waals surface area contributed by atoms with Crippen LogP contribution in [-0.2, 0) is 11.8 Å². The summed E-state index contributed by atoms with van der Waals surface area (Å²) >= 11 is 0. The Balaban J connectivity index is 2.41. The molecule has 7 heteroatoms. The number of aryl methyl sites for hydroxylation is 1. The van der Waals surface area contributed by atoms with Crippen LogP contribution in [-0.4, -0.2) is 45.6 Å². The first-order valence-corrected chi connectivity index (χ1v) is 7.89. The molecule has 0 saturated carbocycles. The van der Waals surface area contributed by atoms with Gasteiger partial charge in [0, 0.05) is 25.0 Å². The number of hydrogen-bond acceptors (Lipinski definition) is 4. The van der Waals surface area contributed by atoms with Crippen molar-refractivity contribution in [2.75, 3.05) is 13.1 Å². The van der Waals surface area contributed by atoms with Gasteiger partial charge in [-0.2, -0.15) is 5.10 Å². The fourth-order valence-electron chi connectivity index (χ4n) is 2.48. The zero-order valence-electron chi connectivity index (χ0n) is 14.4.